The van der Waals surface area contributed by atoms with Crippen molar-refractivity contribution in [1.82, 2.24) is 24.7 Å². The minimum Gasteiger partial charge on any atom is -0.478 e. The summed E-state index contributed by atoms with van der Waals surface area (Å²) in [4.78, 5) is 35.7. The van der Waals surface area contributed by atoms with Gasteiger partial charge in [-0.25, -0.2) is 19.7 Å². The van der Waals surface area contributed by atoms with Gasteiger partial charge in [0.25, 0.3) is 0 Å². The van der Waals surface area contributed by atoms with Crippen LogP contribution < -0.4 is 10.6 Å². The Bertz CT molecular complexity index is 1900. The number of anilines is 3. The van der Waals surface area contributed by atoms with E-state index in [1.807, 2.05) is 59.4 Å². The minimum absolute atomic E-state index is 0.239. The van der Waals surface area contributed by atoms with Crippen LogP contribution in [0.2, 0.25) is 0 Å². The SMILES string of the molecule is O=C(O)C=CC(=O)Nc1cc2c(Nc3cc4cn(Cc5ccccc5)nc4c4ccccc34)ncnc2cn1. The van der Waals surface area contributed by atoms with Crippen molar-refractivity contribution in [3.63, 3.8) is 0 Å². The zero-order valence-electron chi connectivity index (χ0n) is 20.4. The molecule has 10 heteroatoms. The molecule has 0 aliphatic carbocycles. The number of carbonyl (C=O) groups excluding carboxylic acids is 1. The van der Waals surface area contributed by atoms with Crippen LogP contribution in [0.15, 0.2) is 97.6 Å². The van der Waals surface area contributed by atoms with E-state index in [1.165, 1.54) is 12.5 Å². The van der Waals surface area contributed by atoms with Crippen LogP contribution in [0, 0.1) is 0 Å². The highest BCUT2D eigenvalue weighted by molar-refractivity contribution is 6.12. The molecule has 190 valence electrons. The second-order valence-corrected chi connectivity index (χ2v) is 8.81. The Morgan fingerprint density at radius 2 is 1.69 bits per heavy atom. The fourth-order valence-electron chi connectivity index (χ4n) is 4.43. The summed E-state index contributed by atoms with van der Waals surface area (Å²) in [6, 6.07) is 21.9. The first-order chi connectivity index (χ1) is 19.0. The Morgan fingerprint density at radius 1 is 0.897 bits per heavy atom. The number of hydrogen-bond acceptors (Lipinski definition) is 7. The lowest BCUT2D eigenvalue weighted by Crippen LogP contribution is -2.10. The average Bonchev–Trinajstić information content (AvgIpc) is 3.35. The number of nitrogens with one attached hydrogen (secondary N) is 2. The number of benzene rings is 3. The van der Waals surface area contributed by atoms with Crippen LogP contribution in [0.5, 0.6) is 0 Å². The molecule has 0 aliphatic rings. The van der Waals surface area contributed by atoms with Crippen molar-refractivity contribution >= 4 is 61.8 Å². The number of nitrogens with zero attached hydrogens (tertiary/aromatic N) is 5. The van der Waals surface area contributed by atoms with Crippen molar-refractivity contribution in [2.75, 3.05) is 10.6 Å². The van der Waals surface area contributed by atoms with Gasteiger partial charge in [0.1, 0.15) is 23.5 Å². The van der Waals surface area contributed by atoms with Crippen molar-refractivity contribution in [1.29, 1.82) is 0 Å². The van der Waals surface area contributed by atoms with Gasteiger partial charge in [0.2, 0.25) is 5.91 Å². The van der Waals surface area contributed by atoms with Crippen LogP contribution in [0.25, 0.3) is 32.6 Å². The first-order valence-electron chi connectivity index (χ1n) is 12.1. The normalized spacial score (nSPS) is 11.4. The van der Waals surface area contributed by atoms with Crippen LogP contribution in [-0.2, 0) is 16.1 Å². The summed E-state index contributed by atoms with van der Waals surface area (Å²) in [6.45, 7) is 0.659. The molecule has 0 radical (unpaired) electrons. The third-order valence-electron chi connectivity index (χ3n) is 6.15. The topological polar surface area (TPSA) is 135 Å². The lowest BCUT2D eigenvalue weighted by molar-refractivity contribution is -0.131. The summed E-state index contributed by atoms with van der Waals surface area (Å²) in [7, 11) is 0. The number of fused-ring (bicyclic) bond motifs is 4. The van der Waals surface area contributed by atoms with E-state index in [1.54, 1.807) is 6.07 Å². The summed E-state index contributed by atoms with van der Waals surface area (Å²) in [6.07, 6.45) is 6.68. The molecule has 6 rings (SSSR count). The number of aliphatic carboxylic acids is 1. The molecule has 0 unspecified atom stereocenters. The van der Waals surface area contributed by atoms with E-state index in [4.69, 9.17) is 10.2 Å². The molecule has 39 heavy (non-hydrogen) atoms. The molecular weight excluding hydrogens is 494 g/mol. The van der Waals surface area contributed by atoms with Gasteiger partial charge >= 0.3 is 5.97 Å². The molecular formula is C29H21N7O3. The van der Waals surface area contributed by atoms with Crippen LogP contribution in [0.1, 0.15) is 5.56 Å². The highest BCUT2D eigenvalue weighted by Crippen LogP contribution is 2.34. The number of pyridine rings is 1. The van der Waals surface area contributed by atoms with Crippen LogP contribution >= 0.6 is 0 Å². The maximum Gasteiger partial charge on any atom is 0.328 e. The summed E-state index contributed by atoms with van der Waals surface area (Å²) in [5.74, 6) is -1.06. The molecule has 0 fully saturated rings. The molecule has 10 nitrogen and oxygen atoms in total. The van der Waals surface area contributed by atoms with E-state index >= 15 is 0 Å². The van der Waals surface area contributed by atoms with Crippen molar-refractivity contribution < 1.29 is 14.7 Å². The minimum atomic E-state index is -1.22. The number of rotatable bonds is 7. The van der Waals surface area contributed by atoms with Gasteiger partial charge in [0.05, 0.1) is 18.3 Å². The maximum absolute atomic E-state index is 12.1. The maximum atomic E-state index is 12.1. The molecule has 0 aliphatic heterocycles. The second-order valence-electron chi connectivity index (χ2n) is 8.81. The first-order valence-corrected chi connectivity index (χ1v) is 12.1. The van der Waals surface area contributed by atoms with Gasteiger partial charge in [-0.2, -0.15) is 5.10 Å². The third-order valence-corrected chi connectivity index (χ3v) is 6.15. The van der Waals surface area contributed by atoms with Gasteiger partial charge in [0.15, 0.2) is 0 Å². The predicted molar refractivity (Wildman–Crippen MR) is 149 cm³/mol. The summed E-state index contributed by atoms with van der Waals surface area (Å²) in [5, 5.41) is 23.2. The number of carboxylic acid groups (broad SMARTS) is 1. The van der Waals surface area contributed by atoms with E-state index in [2.05, 4.69) is 37.7 Å². The van der Waals surface area contributed by atoms with Gasteiger partial charge in [0, 0.05) is 45.6 Å². The number of carboxylic acids is 1. The predicted octanol–water partition coefficient (Wildman–Crippen LogP) is 4.90. The zero-order chi connectivity index (χ0) is 26.8. The Balaban J connectivity index is 1.38. The van der Waals surface area contributed by atoms with Crippen molar-refractivity contribution in [3.8, 4) is 0 Å². The number of aromatic nitrogens is 5. The van der Waals surface area contributed by atoms with E-state index in [-0.39, 0.29) is 5.82 Å². The standard InChI is InChI=1S/C29H21N7O3/c37-26(10-11-27(38)39)34-25-13-22-24(14-30-25)31-17-32-29(22)33-23-12-19-16-36(15-18-6-2-1-3-7-18)35-28(19)21-9-5-4-8-20(21)23/h1-14,16-17H,15H2,(H,38,39)(H,30,34,37)(H,31,32,33). The monoisotopic (exact) mass is 515 g/mol. The van der Waals surface area contributed by atoms with Crippen molar-refractivity contribution in [2.45, 2.75) is 6.54 Å². The lowest BCUT2D eigenvalue weighted by Gasteiger charge is -2.12. The van der Waals surface area contributed by atoms with Crippen molar-refractivity contribution in [2.24, 2.45) is 0 Å². The summed E-state index contributed by atoms with van der Waals surface area (Å²) >= 11 is 0. The quantitative estimate of drug-likeness (QED) is 0.256. The Hall–Kier alpha value is -5.64. The summed E-state index contributed by atoms with van der Waals surface area (Å²) in [5.41, 5.74) is 3.48. The summed E-state index contributed by atoms with van der Waals surface area (Å²) < 4.78 is 1.94. The van der Waals surface area contributed by atoms with Crippen molar-refractivity contribution in [3.05, 3.63) is 103 Å². The molecule has 3 aromatic carbocycles. The van der Waals surface area contributed by atoms with E-state index < -0.39 is 11.9 Å². The zero-order valence-corrected chi connectivity index (χ0v) is 20.4. The van der Waals surface area contributed by atoms with Gasteiger partial charge in [-0.15, -0.1) is 0 Å². The average molecular weight is 516 g/mol. The Morgan fingerprint density at radius 3 is 2.51 bits per heavy atom. The molecule has 3 aromatic heterocycles. The molecule has 3 N–H and O–H groups in total. The van der Waals surface area contributed by atoms with Crippen LogP contribution in [0.4, 0.5) is 17.3 Å². The van der Waals surface area contributed by atoms with Crippen LogP contribution in [-0.4, -0.2) is 41.7 Å². The molecule has 0 bridgehead atoms. The van der Waals surface area contributed by atoms with E-state index in [0.717, 1.165) is 45.1 Å². The Labute approximate surface area is 221 Å². The largest absolute Gasteiger partial charge is 0.478 e. The smallest absolute Gasteiger partial charge is 0.328 e. The second kappa shape index (κ2) is 10.0. The number of hydrogen-bond donors (Lipinski definition) is 3. The highest BCUT2D eigenvalue weighted by Gasteiger charge is 2.13. The molecule has 0 saturated heterocycles. The third kappa shape index (κ3) is 4.98. The molecule has 6 aromatic rings. The van der Waals surface area contributed by atoms with E-state index in [0.29, 0.717) is 23.3 Å². The molecule has 0 saturated carbocycles. The fraction of sp³-hybridized carbons (Fsp3) is 0.0345. The molecule has 0 spiro atoms. The van der Waals surface area contributed by atoms with Crippen LogP contribution in [0.3, 0.4) is 0 Å². The highest BCUT2D eigenvalue weighted by atomic mass is 16.4. The fourth-order valence-corrected chi connectivity index (χ4v) is 4.43. The molecule has 1 amide bonds. The van der Waals surface area contributed by atoms with E-state index in [9.17, 15) is 9.59 Å². The van der Waals surface area contributed by atoms with Gasteiger partial charge in [-0.05, 0) is 17.7 Å². The lowest BCUT2D eigenvalue weighted by atomic mass is 10.1. The van der Waals surface area contributed by atoms with Gasteiger partial charge in [-0.1, -0.05) is 54.6 Å². The molecule has 0 atom stereocenters. The first kappa shape index (κ1) is 23.7. The van der Waals surface area contributed by atoms with Gasteiger partial charge in [-0.3, -0.25) is 9.48 Å². The number of amides is 1. The number of carbonyl (C=O) groups is 2. The Kier molecular flexibility index (Phi) is 6.10. The molecule has 3 heterocycles. The van der Waals surface area contributed by atoms with Gasteiger partial charge < -0.3 is 15.7 Å².